The molecule has 0 saturated carbocycles. The monoisotopic (exact) mass is 472 g/mol. The summed E-state index contributed by atoms with van der Waals surface area (Å²) in [5.41, 5.74) is 0.858. The number of carbonyl (C=O) groups excluding carboxylic acids is 1. The highest BCUT2D eigenvalue weighted by Crippen LogP contribution is 2.34. The Balaban J connectivity index is 1.77. The average molecular weight is 473 g/mol. The maximum atomic E-state index is 13.5. The molecule has 0 spiro atoms. The lowest BCUT2D eigenvalue weighted by atomic mass is 9.91. The molecule has 32 heavy (non-hydrogen) atoms. The molecule has 2 aromatic rings. The first-order chi connectivity index (χ1) is 15.4. The fourth-order valence-corrected chi connectivity index (χ4v) is 5.78. The summed E-state index contributed by atoms with van der Waals surface area (Å²) in [7, 11) is 1.63. The minimum Gasteiger partial charge on any atom is -0.385 e. The molecule has 7 nitrogen and oxygen atoms in total. The van der Waals surface area contributed by atoms with Gasteiger partial charge in [0.25, 0.3) is 11.5 Å². The van der Waals surface area contributed by atoms with E-state index in [2.05, 4.69) is 18.7 Å². The minimum atomic E-state index is -0.180. The molecular formula is C23H28N4O3S2. The Morgan fingerprint density at radius 1 is 1.25 bits per heavy atom. The number of pyridine rings is 1. The highest BCUT2D eigenvalue weighted by molar-refractivity contribution is 8.26. The summed E-state index contributed by atoms with van der Waals surface area (Å²) in [5, 5.41) is 0. The number of rotatable bonds is 6. The smallest absolute Gasteiger partial charge is 0.267 e. The predicted octanol–water partition coefficient (Wildman–Crippen LogP) is 3.41. The van der Waals surface area contributed by atoms with Crippen LogP contribution in [0.5, 0.6) is 0 Å². The zero-order valence-electron chi connectivity index (χ0n) is 18.6. The lowest BCUT2D eigenvalue weighted by Crippen LogP contribution is -2.40. The van der Waals surface area contributed by atoms with E-state index in [-0.39, 0.29) is 11.5 Å². The van der Waals surface area contributed by atoms with Crippen molar-refractivity contribution < 1.29 is 9.53 Å². The van der Waals surface area contributed by atoms with Crippen molar-refractivity contribution in [3.63, 3.8) is 0 Å². The summed E-state index contributed by atoms with van der Waals surface area (Å²) in [6.07, 6.45) is 5.25. The zero-order valence-corrected chi connectivity index (χ0v) is 20.2. The third kappa shape index (κ3) is 4.60. The molecule has 9 heteroatoms. The lowest BCUT2D eigenvalue weighted by molar-refractivity contribution is -0.122. The predicted molar refractivity (Wildman–Crippen MR) is 133 cm³/mol. The minimum absolute atomic E-state index is 0.167. The quantitative estimate of drug-likeness (QED) is 0.363. The second-order valence-electron chi connectivity index (χ2n) is 8.61. The van der Waals surface area contributed by atoms with Crippen LogP contribution in [0.3, 0.4) is 0 Å². The Bertz CT molecular complexity index is 1120. The Kier molecular flexibility index (Phi) is 6.97. The molecule has 0 aromatic carbocycles. The highest BCUT2D eigenvalue weighted by atomic mass is 32.2. The van der Waals surface area contributed by atoms with Gasteiger partial charge in [0.05, 0.1) is 10.5 Å². The Morgan fingerprint density at radius 2 is 2.00 bits per heavy atom. The van der Waals surface area contributed by atoms with Crippen molar-refractivity contribution in [2.45, 2.75) is 26.7 Å². The molecule has 2 aromatic heterocycles. The van der Waals surface area contributed by atoms with Gasteiger partial charge >= 0.3 is 0 Å². The van der Waals surface area contributed by atoms with Gasteiger partial charge < -0.3 is 9.64 Å². The standard InChI is InChI=1S/C23H28N4O3S2/c1-15-11-16(2)14-25(13-15)20-17(21(28)26-8-5-4-7-19(26)24-20)12-18-22(29)27(23(31)32-18)9-6-10-30-3/h4-5,7-8,12,15-16H,6,9-11,13-14H2,1-3H3/b18-12+. The number of hydrogen-bond donors (Lipinski definition) is 0. The molecule has 2 atom stereocenters. The van der Waals surface area contributed by atoms with Crippen molar-refractivity contribution in [2.24, 2.45) is 11.8 Å². The van der Waals surface area contributed by atoms with Crippen LogP contribution < -0.4 is 10.5 Å². The van der Waals surface area contributed by atoms with Crippen molar-refractivity contribution in [3.05, 3.63) is 45.2 Å². The summed E-state index contributed by atoms with van der Waals surface area (Å²) in [6.45, 7) is 7.17. The molecule has 4 heterocycles. The first kappa shape index (κ1) is 22.9. The number of thioether (sulfide) groups is 1. The van der Waals surface area contributed by atoms with E-state index in [1.165, 1.54) is 16.2 Å². The van der Waals surface area contributed by atoms with Crippen molar-refractivity contribution >= 4 is 51.7 Å². The van der Waals surface area contributed by atoms with Crippen LogP contribution in [-0.4, -0.2) is 57.9 Å². The first-order valence-corrected chi connectivity index (χ1v) is 12.1. The van der Waals surface area contributed by atoms with Gasteiger partial charge in [0, 0.05) is 39.5 Å². The second-order valence-corrected chi connectivity index (χ2v) is 10.3. The molecule has 2 fully saturated rings. The van der Waals surface area contributed by atoms with Gasteiger partial charge in [-0.25, -0.2) is 4.98 Å². The number of ether oxygens (including phenoxy) is 1. The third-order valence-corrected chi connectivity index (χ3v) is 7.17. The molecule has 2 aliphatic rings. The molecule has 0 bridgehead atoms. The van der Waals surface area contributed by atoms with Gasteiger partial charge in [0.2, 0.25) is 0 Å². The van der Waals surface area contributed by atoms with E-state index < -0.39 is 0 Å². The number of methoxy groups -OCH3 is 1. The van der Waals surface area contributed by atoms with Crippen molar-refractivity contribution in [3.8, 4) is 0 Å². The number of amides is 1. The van der Waals surface area contributed by atoms with E-state index in [0.717, 1.165) is 19.5 Å². The van der Waals surface area contributed by atoms with Crippen molar-refractivity contribution in [2.75, 3.05) is 38.3 Å². The molecule has 2 saturated heterocycles. The summed E-state index contributed by atoms with van der Waals surface area (Å²) < 4.78 is 7.13. The maximum absolute atomic E-state index is 13.5. The number of carbonyl (C=O) groups is 1. The van der Waals surface area contributed by atoms with Crippen LogP contribution in [-0.2, 0) is 9.53 Å². The summed E-state index contributed by atoms with van der Waals surface area (Å²) in [4.78, 5) is 35.6. The Morgan fingerprint density at radius 3 is 2.72 bits per heavy atom. The van der Waals surface area contributed by atoms with E-state index in [9.17, 15) is 9.59 Å². The van der Waals surface area contributed by atoms with Gasteiger partial charge in [0.15, 0.2) is 0 Å². The number of hydrogen-bond acceptors (Lipinski definition) is 7. The van der Waals surface area contributed by atoms with Crippen LogP contribution in [0.15, 0.2) is 34.1 Å². The van der Waals surface area contributed by atoms with Gasteiger partial charge in [-0.05, 0) is 42.9 Å². The SMILES string of the molecule is COCCCN1C(=O)/C(=C\c2c(N3CC(C)CC(C)C3)nc3ccccn3c2=O)SC1=S. The van der Waals surface area contributed by atoms with E-state index >= 15 is 0 Å². The molecule has 4 rings (SSSR count). The molecule has 1 amide bonds. The number of nitrogens with zero attached hydrogens (tertiary/aromatic N) is 4. The first-order valence-electron chi connectivity index (χ1n) is 10.9. The third-order valence-electron chi connectivity index (χ3n) is 5.80. The molecule has 0 N–H and O–H groups in total. The molecule has 2 unspecified atom stereocenters. The molecule has 0 radical (unpaired) electrons. The number of thiocarbonyl (C=S) groups is 1. The fraction of sp³-hybridized carbons (Fsp3) is 0.478. The number of piperidine rings is 1. The van der Waals surface area contributed by atoms with Crippen molar-refractivity contribution in [1.29, 1.82) is 0 Å². The summed E-state index contributed by atoms with van der Waals surface area (Å²) in [5.74, 6) is 1.48. The van der Waals surface area contributed by atoms with Crippen LogP contribution >= 0.6 is 24.0 Å². The van der Waals surface area contributed by atoms with Crippen LogP contribution in [0.2, 0.25) is 0 Å². The van der Waals surface area contributed by atoms with Gasteiger partial charge in [-0.2, -0.15) is 0 Å². The van der Waals surface area contributed by atoms with Gasteiger partial charge in [-0.1, -0.05) is 43.9 Å². The number of aromatic nitrogens is 2. The number of fused-ring (bicyclic) bond motifs is 1. The summed E-state index contributed by atoms with van der Waals surface area (Å²) >= 11 is 6.68. The van der Waals surface area contributed by atoms with Gasteiger partial charge in [-0.15, -0.1) is 0 Å². The van der Waals surface area contributed by atoms with E-state index in [4.69, 9.17) is 21.9 Å². The normalized spacial score (nSPS) is 23.0. The van der Waals surface area contributed by atoms with E-state index in [1.54, 1.807) is 30.3 Å². The zero-order chi connectivity index (χ0) is 22.8. The van der Waals surface area contributed by atoms with Crippen molar-refractivity contribution in [1.82, 2.24) is 14.3 Å². The maximum Gasteiger partial charge on any atom is 0.267 e. The fourth-order valence-electron chi connectivity index (χ4n) is 4.49. The molecule has 0 aliphatic carbocycles. The van der Waals surface area contributed by atoms with Crippen LogP contribution in [0.4, 0.5) is 5.82 Å². The number of anilines is 1. The van der Waals surface area contributed by atoms with Crippen LogP contribution in [0.25, 0.3) is 11.7 Å². The average Bonchev–Trinajstić information content (AvgIpc) is 3.02. The molecular weight excluding hydrogens is 444 g/mol. The Labute approximate surface area is 197 Å². The topological polar surface area (TPSA) is 67.2 Å². The van der Waals surface area contributed by atoms with E-state index in [0.29, 0.717) is 57.7 Å². The van der Waals surface area contributed by atoms with Crippen LogP contribution in [0.1, 0.15) is 32.3 Å². The lowest BCUT2D eigenvalue weighted by Gasteiger charge is -2.36. The largest absolute Gasteiger partial charge is 0.385 e. The van der Waals surface area contributed by atoms with Gasteiger partial charge in [-0.3, -0.25) is 18.9 Å². The van der Waals surface area contributed by atoms with Gasteiger partial charge in [0.1, 0.15) is 15.8 Å². The summed E-state index contributed by atoms with van der Waals surface area (Å²) in [6, 6.07) is 5.51. The second kappa shape index (κ2) is 9.72. The van der Waals surface area contributed by atoms with Crippen LogP contribution in [0, 0.1) is 11.8 Å². The highest BCUT2D eigenvalue weighted by Gasteiger charge is 2.33. The van der Waals surface area contributed by atoms with E-state index in [1.807, 2.05) is 12.1 Å². The molecule has 170 valence electrons. The Hall–Kier alpha value is -2.23. The molecule has 2 aliphatic heterocycles.